The molecule has 0 aliphatic carbocycles. The van der Waals surface area contributed by atoms with Crippen LogP contribution in [0.2, 0.25) is 0 Å². The van der Waals surface area contributed by atoms with Gasteiger partial charge in [0.05, 0.1) is 29.6 Å². The molecule has 0 atom stereocenters. The van der Waals surface area contributed by atoms with E-state index >= 15 is 0 Å². The predicted octanol–water partition coefficient (Wildman–Crippen LogP) is 1.92. The third kappa shape index (κ3) is 3.71. The van der Waals surface area contributed by atoms with Gasteiger partial charge in [0.15, 0.2) is 9.84 Å². The maximum absolute atomic E-state index is 12.1. The number of aryl methyl sites for hydroxylation is 1. The molecule has 0 bridgehead atoms. The summed E-state index contributed by atoms with van der Waals surface area (Å²) >= 11 is 0. The van der Waals surface area contributed by atoms with E-state index in [9.17, 15) is 13.2 Å². The van der Waals surface area contributed by atoms with Gasteiger partial charge in [-0.3, -0.25) is 4.79 Å². The zero-order valence-corrected chi connectivity index (χ0v) is 11.5. The Bertz CT molecular complexity index is 669. The van der Waals surface area contributed by atoms with Crippen LogP contribution in [0.1, 0.15) is 11.1 Å². The van der Waals surface area contributed by atoms with Crippen molar-refractivity contribution < 1.29 is 22.7 Å². The van der Waals surface area contributed by atoms with E-state index in [0.717, 1.165) is 5.56 Å². The molecule has 1 heterocycles. The number of carboxylic acid groups (broad SMARTS) is 1. The van der Waals surface area contributed by atoms with Crippen molar-refractivity contribution in [1.82, 2.24) is 0 Å². The van der Waals surface area contributed by atoms with Gasteiger partial charge in [0.1, 0.15) is 0 Å². The molecule has 0 aliphatic heterocycles. The van der Waals surface area contributed by atoms with Gasteiger partial charge in [-0.05, 0) is 35.7 Å². The van der Waals surface area contributed by atoms with Crippen molar-refractivity contribution in [2.45, 2.75) is 17.7 Å². The second-order valence-corrected chi connectivity index (χ2v) is 6.52. The molecule has 1 aromatic heterocycles. The van der Waals surface area contributed by atoms with Crippen LogP contribution in [0.25, 0.3) is 0 Å². The fraction of sp³-hybridized carbons (Fsp3) is 0.214. The lowest BCUT2D eigenvalue weighted by Gasteiger charge is -2.04. The summed E-state index contributed by atoms with van der Waals surface area (Å²) in [5.74, 6) is -0.953. The lowest BCUT2D eigenvalue weighted by molar-refractivity contribution is -0.136. The number of hydrogen-bond donors (Lipinski definition) is 1. The van der Waals surface area contributed by atoms with Crippen molar-refractivity contribution >= 4 is 15.8 Å². The van der Waals surface area contributed by atoms with Crippen molar-refractivity contribution in [2.75, 3.05) is 5.75 Å². The number of sulfone groups is 1. The standard InChI is InChI=1S/C14H14O5S/c15-14(16)9-11-1-3-13(4-2-11)20(17,18)8-6-12-5-7-19-10-12/h1-5,7,10H,6,8-9H2,(H,15,16). The largest absolute Gasteiger partial charge is 0.481 e. The molecule has 0 aliphatic rings. The zero-order valence-electron chi connectivity index (χ0n) is 10.7. The van der Waals surface area contributed by atoms with Gasteiger partial charge >= 0.3 is 5.97 Å². The SMILES string of the molecule is O=C(O)Cc1ccc(S(=O)(=O)CCc2ccoc2)cc1. The molecule has 106 valence electrons. The van der Waals surface area contributed by atoms with Crippen LogP contribution in [0.4, 0.5) is 0 Å². The summed E-state index contributed by atoms with van der Waals surface area (Å²) in [4.78, 5) is 10.8. The molecule has 0 fully saturated rings. The van der Waals surface area contributed by atoms with Crippen molar-refractivity contribution in [2.24, 2.45) is 0 Å². The van der Waals surface area contributed by atoms with Crippen LogP contribution in [0.5, 0.6) is 0 Å². The van der Waals surface area contributed by atoms with E-state index in [1.54, 1.807) is 6.07 Å². The van der Waals surface area contributed by atoms with Crippen molar-refractivity contribution in [3.05, 3.63) is 54.0 Å². The van der Waals surface area contributed by atoms with Crippen LogP contribution < -0.4 is 0 Å². The molecule has 2 aromatic rings. The summed E-state index contributed by atoms with van der Waals surface area (Å²) in [6, 6.07) is 7.68. The number of carbonyl (C=O) groups is 1. The summed E-state index contributed by atoms with van der Waals surface area (Å²) < 4.78 is 29.1. The van der Waals surface area contributed by atoms with Crippen LogP contribution >= 0.6 is 0 Å². The topological polar surface area (TPSA) is 84.6 Å². The number of furan rings is 1. The van der Waals surface area contributed by atoms with Gasteiger partial charge in [0.2, 0.25) is 0 Å². The molecule has 0 amide bonds. The minimum Gasteiger partial charge on any atom is -0.481 e. The number of hydrogen-bond acceptors (Lipinski definition) is 4. The van der Waals surface area contributed by atoms with E-state index < -0.39 is 15.8 Å². The van der Waals surface area contributed by atoms with Crippen LogP contribution in [0.3, 0.4) is 0 Å². The monoisotopic (exact) mass is 294 g/mol. The van der Waals surface area contributed by atoms with Gasteiger partial charge < -0.3 is 9.52 Å². The number of benzene rings is 1. The quantitative estimate of drug-likeness (QED) is 0.880. The fourth-order valence-electron chi connectivity index (χ4n) is 1.79. The highest BCUT2D eigenvalue weighted by atomic mass is 32.2. The van der Waals surface area contributed by atoms with E-state index in [4.69, 9.17) is 9.52 Å². The Morgan fingerprint density at radius 1 is 1.10 bits per heavy atom. The number of aliphatic carboxylic acids is 1. The van der Waals surface area contributed by atoms with Gasteiger partial charge in [-0.2, -0.15) is 0 Å². The minimum absolute atomic E-state index is 0.00912. The van der Waals surface area contributed by atoms with E-state index in [1.165, 1.54) is 36.8 Å². The van der Waals surface area contributed by atoms with Gasteiger partial charge in [-0.25, -0.2) is 8.42 Å². The summed E-state index contributed by atoms with van der Waals surface area (Å²) in [6.07, 6.45) is 3.29. The molecule has 0 unspecified atom stereocenters. The highest BCUT2D eigenvalue weighted by molar-refractivity contribution is 7.91. The first-order valence-corrected chi connectivity index (χ1v) is 7.67. The molecule has 0 saturated heterocycles. The Hall–Kier alpha value is -2.08. The first-order valence-electron chi connectivity index (χ1n) is 6.02. The molecular weight excluding hydrogens is 280 g/mol. The average molecular weight is 294 g/mol. The normalized spacial score (nSPS) is 11.4. The van der Waals surface area contributed by atoms with Crippen LogP contribution in [-0.2, 0) is 27.5 Å². The molecular formula is C14H14O5S. The Kier molecular flexibility index (Phi) is 4.24. The maximum Gasteiger partial charge on any atom is 0.307 e. The predicted molar refractivity (Wildman–Crippen MR) is 72.2 cm³/mol. The van der Waals surface area contributed by atoms with Gasteiger partial charge in [-0.15, -0.1) is 0 Å². The molecule has 0 spiro atoms. The minimum atomic E-state index is -3.37. The smallest absolute Gasteiger partial charge is 0.307 e. The van der Waals surface area contributed by atoms with Crippen molar-refractivity contribution in [1.29, 1.82) is 0 Å². The average Bonchev–Trinajstić information content (AvgIpc) is 2.89. The van der Waals surface area contributed by atoms with Gasteiger partial charge in [-0.1, -0.05) is 12.1 Å². The van der Waals surface area contributed by atoms with Gasteiger partial charge in [0, 0.05) is 0 Å². The Balaban J connectivity index is 2.07. The molecule has 1 N–H and O–H groups in total. The zero-order chi connectivity index (χ0) is 14.6. The summed E-state index contributed by atoms with van der Waals surface area (Å²) in [7, 11) is -3.37. The third-order valence-electron chi connectivity index (χ3n) is 2.88. The highest BCUT2D eigenvalue weighted by Crippen LogP contribution is 2.15. The molecule has 2 rings (SSSR count). The molecule has 20 heavy (non-hydrogen) atoms. The summed E-state index contributed by atoms with van der Waals surface area (Å²) in [5, 5.41) is 8.66. The Labute approximate surface area is 116 Å². The Morgan fingerprint density at radius 2 is 1.80 bits per heavy atom. The first-order chi connectivity index (χ1) is 9.47. The molecule has 0 radical (unpaired) electrons. The van der Waals surface area contributed by atoms with Crippen LogP contribution in [0, 0.1) is 0 Å². The lowest BCUT2D eigenvalue weighted by atomic mass is 10.2. The van der Waals surface area contributed by atoms with Crippen molar-refractivity contribution in [3.63, 3.8) is 0 Å². The van der Waals surface area contributed by atoms with E-state index in [2.05, 4.69) is 0 Å². The molecule has 1 aromatic carbocycles. The lowest BCUT2D eigenvalue weighted by Crippen LogP contribution is -2.09. The molecule has 5 nitrogen and oxygen atoms in total. The summed E-state index contributed by atoms with van der Waals surface area (Å²) in [6.45, 7) is 0. The second kappa shape index (κ2) is 5.92. The van der Waals surface area contributed by atoms with Crippen molar-refractivity contribution in [3.8, 4) is 0 Å². The van der Waals surface area contributed by atoms with E-state index in [-0.39, 0.29) is 17.1 Å². The van der Waals surface area contributed by atoms with E-state index in [1.807, 2.05) is 0 Å². The maximum atomic E-state index is 12.1. The summed E-state index contributed by atoms with van der Waals surface area (Å²) in [5.41, 5.74) is 1.40. The van der Waals surface area contributed by atoms with E-state index in [0.29, 0.717) is 12.0 Å². The number of rotatable bonds is 6. The fourth-order valence-corrected chi connectivity index (χ4v) is 3.09. The first kappa shape index (κ1) is 14.3. The second-order valence-electron chi connectivity index (χ2n) is 4.41. The van der Waals surface area contributed by atoms with Gasteiger partial charge in [0.25, 0.3) is 0 Å². The third-order valence-corrected chi connectivity index (χ3v) is 4.61. The van der Waals surface area contributed by atoms with Crippen LogP contribution in [0.15, 0.2) is 52.2 Å². The molecule has 6 heteroatoms. The molecule has 0 saturated carbocycles. The number of carboxylic acids is 1. The highest BCUT2D eigenvalue weighted by Gasteiger charge is 2.15. The van der Waals surface area contributed by atoms with Crippen LogP contribution in [-0.4, -0.2) is 25.2 Å². The Morgan fingerprint density at radius 3 is 2.35 bits per heavy atom.